The standard InChI is InChI=1S/C19H29NS/c1-3-13-20-18(19(2)12-5-14-21-19)17-10-8-16(9-11-17)15-6-4-7-15/h8-11,15,18,20H,3-7,12-14H2,1-2H3. The van der Waals surface area contributed by atoms with Crippen molar-refractivity contribution in [2.75, 3.05) is 12.3 Å². The van der Waals surface area contributed by atoms with Crippen LogP contribution in [0.2, 0.25) is 0 Å². The van der Waals surface area contributed by atoms with Crippen LogP contribution in [0.5, 0.6) is 0 Å². The van der Waals surface area contributed by atoms with Crippen molar-refractivity contribution in [3.8, 4) is 0 Å². The van der Waals surface area contributed by atoms with Gasteiger partial charge >= 0.3 is 0 Å². The molecule has 1 aliphatic carbocycles. The second-order valence-corrected chi connectivity index (χ2v) is 8.58. The minimum atomic E-state index is 0.368. The first-order chi connectivity index (χ1) is 10.2. The first-order valence-electron chi connectivity index (χ1n) is 8.70. The van der Waals surface area contributed by atoms with Crippen molar-refractivity contribution >= 4 is 11.8 Å². The van der Waals surface area contributed by atoms with E-state index in [-0.39, 0.29) is 0 Å². The number of benzene rings is 1. The van der Waals surface area contributed by atoms with Crippen LogP contribution in [0.25, 0.3) is 0 Å². The van der Waals surface area contributed by atoms with Gasteiger partial charge in [-0.25, -0.2) is 0 Å². The van der Waals surface area contributed by atoms with E-state index in [1.54, 1.807) is 5.56 Å². The lowest BCUT2D eigenvalue weighted by Gasteiger charge is -2.35. The Bertz CT molecular complexity index is 443. The molecular weight excluding hydrogens is 274 g/mol. The Morgan fingerprint density at radius 3 is 2.52 bits per heavy atom. The smallest absolute Gasteiger partial charge is 0.0466 e. The zero-order valence-corrected chi connectivity index (χ0v) is 14.3. The second-order valence-electron chi connectivity index (χ2n) is 6.95. The molecule has 1 aromatic carbocycles. The molecule has 1 saturated carbocycles. The molecule has 2 atom stereocenters. The quantitative estimate of drug-likeness (QED) is 0.767. The molecule has 1 aliphatic heterocycles. The van der Waals surface area contributed by atoms with Gasteiger partial charge in [0.25, 0.3) is 0 Å². The number of hydrogen-bond donors (Lipinski definition) is 1. The second kappa shape index (κ2) is 6.75. The number of thioether (sulfide) groups is 1. The van der Waals surface area contributed by atoms with Crippen LogP contribution in [0, 0.1) is 0 Å². The van der Waals surface area contributed by atoms with E-state index in [1.165, 1.54) is 49.8 Å². The summed E-state index contributed by atoms with van der Waals surface area (Å²) >= 11 is 2.16. The highest BCUT2D eigenvalue weighted by Crippen LogP contribution is 2.47. The summed E-state index contributed by atoms with van der Waals surface area (Å²) in [5.41, 5.74) is 3.05. The third-order valence-electron chi connectivity index (χ3n) is 5.30. The van der Waals surface area contributed by atoms with Crippen LogP contribution in [0.4, 0.5) is 0 Å². The maximum atomic E-state index is 3.82. The minimum absolute atomic E-state index is 0.368. The Kier molecular flexibility index (Phi) is 4.96. The zero-order chi connectivity index (χ0) is 14.7. The van der Waals surface area contributed by atoms with Gasteiger partial charge in [-0.3, -0.25) is 0 Å². The van der Waals surface area contributed by atoms with Crippen LogP contribution < -0.4 is 5.32 Å². The lowest BCUT2D eigenvalue weighted by molar-refractivity contribution is 0.410. The summed E-state index contributed by atoms with van der Waals surface area (Å²) in [5.74, 6) is 2.17. The monoisotopic (exact) mass is 303 g/mol. The summed E-state index contributed by atoms with van der Waals surface area (Å²) in [6.45, 7) is 5.83. The Hall–Kier alpha value is -0.470. The lowest BCUT2D eigenvalue weighted by atomic mass is 9.79. The van der Waals surface area contributed by atoms with Crippen molar-refractivity contribution in [2.24, 2.45) is 0 Å². The van der Waals surface area contributed by atoms with Crippen molar-refractivity contribution in [3.63, 3.8) is 0 Å². The van der Waals surface area contributed by atoms with Crippen molar-refractivity contribution in [2.45, 2.75) is 69.1 Å². The first kappa shape index (κ1) is 15.4. The summed E-state index contributed by atoms with van der Waals surface area (Å²) in [4.78, 5) is 0. The molecule has 1 heterocycles. The molecule has 1 nitrogen and oxygen atoms in total. The van der Waals surface area contributed by atoms with E-state index < -0.39 is 0 Å². The molecule has 116 valence electrons. The Morgan fingerprint density at radius 1 is 1.24 bits per heavy atom. The van der Waals surface area contributed by atoms with E-state index in [0.717, 1.165) is 12.5 Å². The van der Waals surface area contributed by atoms with Gasteiger partial charge in [-0.2, -0.15) is 11.8 Å². The average molecular weight is 304 g/mol. The molecule has 2 fully saturated rings. The summed E-state index contributed by atoms with van der Waals surface area (Å²) in [6.07, 6.45) is 8.11. The van der Waals surface area contributed by atoms with Crippen LogP contribution in [0.15, 0.2) is 24.3 Å². The van der Waals surface area contributed by atoms with Crippen molar-refractivity contribution in [1.29, 1.82) is 0 Å². The maximum Gasteiger partial charge on any atom is 0.0466 e. The van der Waals surface area contributed by atoms with E-state index >= 15 is 0 Å². The number of hydrogen-bond acceptors (Lipinski definition) is 2. The molecule has 2 aliphatic rings. The summed E-state index contributed by atoms with van der Waals surface area (Å²) in [7, 11) is 0. The molecule has 2 unspecified atom stereocenters. The van der Waals surface area contributed by atoms with Crippen LogP contribution >= 0.6 is 11.8 Å². The summed E-state index contributed by atoms with van der Waals surface area (Å²) in [6, 6.07) is 10.1. The van der Waals surface area contributed by atoms with Gasteiger partial charge in [0.2, 0.25) is 0 Å². The fourth-order valence-corrected chi connectivity index (χ4v) is 5.14. The molecule has 3 rings (SSSR count). The fourth-order valence-electron chi connectivity index (χ4n) is 3.71. The Balaban J connectivity index is 1.78. The minimum Gasteiger partial charge on any atom is -0.309 e. The summed E-state index contributed by atoms with van der Waals surface area (Å²) in [5, 5.41) is 3.82. The predicted octanol–water partition coefficient (Wildman–Crippen LogP) is 5.28. The third-order valence-corrected chi connectivity index (χ3v) is 6.90. The molecule has 1 aromatic rings. The Labute approximate surface area is 134 Å². The third kappa shape index (κ3) is 3.32. The molecular formula is C19H29NS. The van der Waals surface area contributed by atoms with E-state index in [4.69, 9.17) is 0 Å². The van der Waals surface area contributed by atoms with Crippen molar-refractivity contribution in [1.82, 2.24) is 5.32 Å². The van der Waals surface area contributed by atoms with Gasteiger partial charge in [-0.15, -0.1) is 0 Å². The highest BCUT2D eigenvalue weighted by molar-refractivity contribution is 8.00. The van der Waals surface area contributed by atoms with E-state index in [9.17, 15) is 0 Å². The average Bonchev–Trinajstić information content (AvgIpc) is 2.87. The maximum absolute atomic E-state index is 3.82. The molecule has 0 radical (unpaired) electrons. The molecule has 0 bridgehead atoms. The molecule has 0 spiro atoms. The number of rotatable bonds is 6. The normalized spacial score (nSPS) is 27.5. The van der Waals surface area contributed by atoms with Gasteiger partial charge in [-0.05, 0) is 68.4 Å². The van der Waals surface area contributed by atoms with Crippen molar-refractivity contribution in [3.05, 3.63) is 35.4 Å². The van der Waals surface area contributed by atoms with Gasteiger partial charge in [-0.1, -0.05) is 37.6 Å². The predicted molar refractivity (Wildman–Crippen MR) is 94.2 cm³/mol. The summed E-state index contributed by atoms with van der Waals surface area (Å²) < 4.78 is 0.368. The highest BCUT2D eigenvalue weighted by atomic mass is 32.2. The van der Waals surface area contributed by atoms with E-state index in [0.29, 0.717) is 10.8 Å². The van der Waals surface area contributed by atoms with Gasteiger partial charge in [0, 0.05) is 10.8 Å². The highest BCUT2D eigenvalue weighted by Gasteiger charge is 2.38. The number of nitrogens with one attached hydrogen (secondary N) is 1. The molecule has 1 saturated heterocycles. The molecule has 0 amide bonds. The molecule has 2 heteroatoms. The van der Waals surface area contributed by atoms with Gasteiger partial charge < -0.3 is 5.32 Å². The Morgan fingerprint density at radius 2 is 2.00 bits per heavy atom. The van der Waals surface area contributed by atoms with Crippen LogP contribution in [0.3, 0.4) is 0 Å². The fraction of sp³-hybridized carbons (Fsp3) is 0.684. The van der Waals surface area contributed by atoms with Crippen LogP contribution in [-0.4, -0.2) is 17.0 Å². The first-order valence-corrected chi connectivity index (χ1v) is 9.69. The van der Waals surface area contributed by atoms with E-state index in [1.807, 2.05) is 0 Å². The van der Waals surface area contributed by atoms with Crippen LogP contribution in [-0.2, 0) is 0 Å². The molecule has 0 aromatic heterocycles. The zero-order valence-electron chi connectivity index (χ0n) is 13.5. The topological polar surface area (TPSA) is 12.0 Å². The van der Waals surface area contributed by atoms with Gasteiger partial charge in [0.1, 0.15) is 0 Å². The molecule has 1 N–H and O–H groups in total. The lowest BCUT2D eigenvalue weighted by Crippen LogP contribution is -2.38. The van der Waals surface area contributed by atoms with E-state index in [2.05, 4.69) is 55.2 Å². The van der Waals surface area contributed by atoms with Crippen molar-refractivity contribution < 1.29 is 0 Å². The molecule has 21 heavy (non-hydrogen) atoms. The van der Waals surface area contributed by atoms with Gasteiger partial charge in [0.05, 0.1) is 0 Å². The SMILES string of the molecule is CCCNC(c1ccc(C2CCC2)cc1)C1(C)CCCS1. The van der Waals surface area contributed by atoms with Crippen LogP contribution in [0.1, 0.15) is 75.5 Å². The van der Waals surface area contributed by atoms with Gasteiger partial charge in [0.15, 0.2) is 0 Å². The largest absolute Gasteiger partial charge is 0.309 e.